The number of pyridine rings is 1. The molecule has 2 heterocycles. The van der Waals surface area contributed by atoms with Crippen molar-refractivity contribution in [3.05, 3.63) is 54.4 Å². The van der Waals surface area contributed by atoms with E-state index in [0.29, 0.717) is 13.2 Å². The van der Waals surface area contributed by atoms with Crippen LogP contribution >= 0.6 is 0 Å². The summed E-state index contributed by atoms with van der Waals surface area (Å²) < 4.78 is 10.8. The Bertz CT molecular complexity index is 643. The van der Waals surface area contributed by atoms with Crippen LogP contribution in [-0.4, -0.2) is 72.4 Å². The van der Waals surface area contributed by atoms with Gasteiger partial charge in [-0.15, -0.1) is 0 Å². The average molecular weight is 357 g/mol. The summed E-state index contributed by atoms with van der Waals surface area (Å²) in [5, 5.41) is 10.3. The number of ether oxygens (including phenoxy) is 2. The Kier molecular flexibility index (Phi) is 6.82. The van der Waals surface area contributed by atoms with Crippen LogP contribution in [0.3, 0.4) is 0 Å². The maximum absolute atomic E-state index is 10.3. The van der Waals surface area contributed by atoms with Crippen molar-refractivity contribution in [1.82, 2.24) is 14.8 Å². The quantitative estimate of drug-likeness (QED) is 0.775. The minimum Gasteiger partial charge on any atom is -0.497 e. The van der Waals surface area contributed by atoms with Gasteiger partial charge in [0.1, 0.15) is 24.2 Å². The first kappa shape index (κ1) is 18.6. The van der Waals surface area contributed by atoms with Crippen LogP contribution in [-0.2, 0) is 6.54 Å². The summed E-state index contributed by atoms with van der Waals surface area (Å²) in [6.07, 6.45) is 3.23. The molecule has 1 atom stereocenters. The zero-order valence-electron chi connectivity index (χ0n) is 15.3. The molecule has 1 N–H and O–H groups in total. The lowest BCUT2D eigenvalue weighted by Crippen LogP contribution is -2.48. The van der Waals surface area contributed by atoms with Crippen molar-refractivity contribution in [3.8, 4) is 11.5 Å². The highest BCUT2D eigenvalue weighted by Crippen LogP contribution is 2.17. The van der Waals surface area contributed by atoms with E-state index in [-0.39, 0.29) is 0 Å². The van der Waals surface area contributed by atoms with Crippen LogP contribution in [0.2, 0.25) is 0 Å². The predicted molar refractivity (Wildman–Crippen MR) is 100 cm³/mol. The average Bonchev–Trinajstić information content (AvgIpc) is 2.69. The van der Waals surface area contributed by atoms with E-state index in [1.165, 1.54) is 5.56 Å². The molecule has 140 valence electrons. The molecule has 3 rings (SSSR count). The molecule has 1 aliphatic rings. The second-order valence-corrected chi connectivity index (χ2v) is 6.58. The Morgan fingerprint density at radius 2 is 1.73 bits per heavy atom. The van der Waals surface area contributed by atoms with Gasteiger partial charge in [-0.1, -0.05) is 6.07 Å². The van der Waals surface area contributed by atoms with Crippen LogP contribution in [0, 0.1) is 0 Å². The fraction of sp³-hybridized carbons (Fsp3) is 0.450. The van der Waals surface area contributed by atoms with Crippen molar-refractivity contribution in [1.29, 1.82) is 0 Å². The lowest BCUT2D eigenvalue weighted by atomic mass is 10.2. The number of nitrogens with zero attached hydrogens (tertiary/aromatic N) is 3. The number of benzene rings is 1. The maximum atomic E-state index is 10.3. The third kappa shape index (κ3) is 5.69. The zero-order chi connectivity index (χ0) is 18.2. The fourth-order valence-corrected chi connectivity index (χ4v) is 3.09. The minimum absolute atomic E-state index is 0.294. The highest BCUT2D eigenvalue weighted by molar-refractivity contribution is 5.31. The van der Waals surface area contributed by atoms with Gasteiger partial charge in [-0.2, -0.15) is 0 Å². The van der Waals surface area contributed by atoms with E-state index in [0.717, 1.165) is 44.2 Å². The molecule has 1 aromatic carbocycles. The van der Waals surface area contributed by atoms with Crippen LogP contribution in [0.1, 0.15) is 5.56 Å². The Morgan fingerprint density at radius 1 is 1.04 bits per heavy atom. The lowest BCUT2D eigenvalue weighted by Gasteiger charge is -2.35. The molecule has 6 nitrogen and oxygen atoms in total. The standard InChI is InChI=1S/C20H27N3O3/c1-25-19-4-6-20(7-5-19)26-16-18(24)15-23-11-9-22(10-12-23)14-17-3-2-8-21-13-17/h2-8,13,18,24H,9-12,14-16H2,1H3/t18-/m0/s1. The molecule has 1 aromatic heterocycles. The number of hydrogen-bond acceptors (Lipinski definition) is 6. The molecule has 0 bridgehead atoms. The van der Waals surface area contributed by atoms with Gasteiger partial charge < -0.3 is 14.6 Å². The van der Waals surface area contributed by atoms with Gasteiger partial charge in [0.05, 0.1) is 7.11 Å². The fourth-order valence-electron chi connectivity index (χ4n) is 3.09. The summed E-state index contributed by atoms with van der Waals surface area (Å²) in [4.78, 5) is 8.89. The second-order valence-electron chi connectivity index (χ2n) is 6.58. The van der Waals surface area contributed by atoms with E-state index in [1.807, 2.05) is 36.5 Å². The number of methoxy groups -OCH3 is 1. The molecule has 1 aliphatic heterocycles. The molecule has 0 spiro atoms. The molecule has 1 fully saturated rings. The van der Waals surface area contributed by atoms with Gasteiger partial charge in [-0.25, -0.2) is 0 Å². The minimum atomic E-state index is -0.498. The topological polar surface area (TPSA) is 58.1 Å². The number of aromatic nitrogens is 1. The normalized spacial score (nSPS) is 17.0. The van der Waals surface area contributed by atoms with E-state index >= 15 is 0 Å². The number of aliphatic hydroxyl groups is 1. The number of aliphatic hydroxyl groups excluding tert-OH is 1. The first-order valence-corrected chi connectivity index (χ1v) is 9.01. The van der Waals surface area contributed by atoms with Gasteiger partial charge in [-0.3, -0.25) is 14.8 Å². The summed E-state index contributed by atoms with van der Waals surface area (Å²) in [6.45, 7) is 5.78. The Balaban J connectivity index is 1.35. The Morgan fingerprint density at radius 3 is 2.38 bits per heavy atom. The van der Waals surface area contributed by atoms with Crippen LogP contribution in [0.5, 0.6) is 11.5 Å². The Labute approximate surface area is 155 Å². The van der Waals surface area contributed by atoms with Gasteiger partial charge in [0.2, 0.25) is 0 Å². The van der Waals surface area contributed by atoms with Crippen molar-refractivity contribution in [3.63, 3.8) is 0 Å². The number of hydrogen-bond donors (Lipinski definition) is 1. The van der Waals surface area contributed by atoms with Gasteiger partial charge in [-0.05, 0) is 35.9 Å². The lowest BCUT2D eigenvalue weighted by molar-refractivity contribution is 0.0446. The van der Waals surface area contributed by atoms with Gasteiger partial charge in [0.25, 0.3) is 0 Å². The summed E-state index contributed by atoms with van der Waals surface area (Å²) in [5.41, 5.74) is 1.24. The predicted octanol–water partition coefficient (Wildman–Crippen LogP) is 1.65. The van der Waals surface area contributed by atoms with Crippen LogP contribution in [0.4, 0.5) is 0 Å². The van der Waals surface area contributed by atoms with Crippen LogP contribution in [0.25, 0.3) is 0 Å². The van der Waals surface area contributed by atoms with E-state index < -0.39 is 6.10 Å². The van der Waals surface area contributed by atoms with Gasteiger partial charge in [0, 0.05) is 51.7 Å². The van der Waals surface area contributed by atoms with E-state index in [1.54, 1.807) is 13.3 Å². The summed E-state index contributed by atoms with van der Waals surface area (Å²) in [7, 11) is 1.64. The number of rotatable bonds is 8. The van der Waals surface area contributed by atoms with E-state index in [9.17, 15) is 5.11 Å². The highest BCUT2D eigenvalue weighted by Gasteiger charge is 2.19. The van der Waals surface area contributed by atoms with Crippen LogP contribution < -0.4 is 9.47 Å². The van der Waals surface area contributed by atoms with E-state index in [2.05, 4.69) is 20.9 Å². The number of piperazine rings is 1. The molecular formula is C20H27N3O3. The largest absolute Gasteiger partial charge is 0.497 e. The molecule has 0 aliphatic carbocycles. The number of β-amino-alcohol motifs (C(OH)–C–C–N with tert-alkyl or cyclic N) is 1. The molecule has 1 saturated heterocycles. The first-order chi connectivity index (χ1) is 12.7. The third-order valence-corrected chi connectivity index (χ3v) is 4.56. The van der Waals surface area contributed by atoms with Crippen molar-refractivity contribution < 1.29 is 14.6 Å². The summed E-state index contributed by atoms with van der Waals surface area (Å²) >= 11 is 0. The zero-order valence-corrected chi connectivity index (χ0v) is 15.3. The summed E-state index contributed by atoms with van der Waals surface area (Å²) in [6, 6.07) is 11.5. The molecule has 0 amide bonds. The van der Waals surface area contributed by atoms with Crippen LogP contribution in [0.15, 0.2) is 48.8 Å². The first-order valence-electron chi connectivity index (χ1n) is 9.01. The molecule has 0 saturated carbocycles. The van der Waals surface area contributed by atoms with Crippen molar-refractivity contribution in [2.75, 3.05) is 46.4 Å². The van der Waals surface area contributed by atoms with Gasteiger partial charge >= 0.3 is 0 Å². The SMILES string of the molecule is COc1ccc(OC[C@@H](O)CN2CCN(Cc3cccnc3)CC2)cc1. The molecule has 0 unspecified atom stereocenters. The summed E-state index contributed by atoms with van der Waals surface area (Å²) in [5.74, 6) is 1.54. The second kappa shape index (κ2) is 9.52. The maximum Gasteiger partial charge on any atom is 0.119 e. The van der Waals surface area contributed by atoms with Crippen molar-refractivity contribution in [2.45, 2.75) is 12.6 Å². The monoisotopic (exact) mass is 357 g/mol. The third-order valence-electron chi connectivity index (χ3n) is 4.56. The molecular weight excluding hydrogens is 330 g/mol. The van der Waals surface area contributed by atoms with Crippen molar-refractivity contribution in [2.24, 2.45) is 0 Å². The smallest absolute Gasteiger partial charge is 0.119 e. The molecule has 6 heteroatoms. The van der Waals surface area contributed by atoms with Crippen molar-refractivity contribution >= 4 is 0 Å². The van der Waals surface area contributed by atoms with E-state index in [4.69, 9.17) is 9.47 Å². The highest BCUT2D eigenvalue weighted by atomic mass is 16.5. The molecule has 2 aromatic rings. The Hall–Kier alpha value is -2.15. The molecule has 0 radical (unpaired) electrons. The van der Waals surface area contributed by atoms with Gasteiger partial charge in [0.15, 0.2) is 0 Å². The molecule has 26 heavy (non-hydrogen) atoms.